The van der Waals surface area contributed by atoms with E-state index in [1.807, 2.05) is 38.4 Å². The molecule has 0 radical (unpaired) electrons. The molecule has 0 atom stereocenters. The minimum absolute atomic E-state index is 0.204. The van der Waals surface area contributed by atoms with E-state index in [2.05, 4.69) is 25.2 Å². The van der Waals surface area contributed by atoms with E-state index in [4.69, 9.17) is 4.74 Å². The number of fused-ring (bicyclic) bond motifs is 1. The average molecular weight is 423 g/mol. The molecule has 0 saturated carbocycles. The van der Waals surface area contributed by atoms with Crippen molar-refractivity contribution in [3.8, 4) is 5.75 Å². The minimum atomic E-state index is -3.69. The highest BCUT2D eigenvalue weighted by Gasteiger charge is 2.30. The van der Waals surface area contributed by atoms with Gasteiger partial charge >= 0.3 is 0 Å². The zero-order valence-electron chi connectivity index (χ0n) is 14.1. The molecule has 0 fully saturated rings. The van der Waals surface area contributed by atoms with Gasteiger partial charge in [-0.25, -0.2) is 0 Å². The van der Waals surface area contributed by atoms with Crippen LogP contribution in [0.1, 0.15) is 17.5 Å². The Balaban J connectivity index is 1.84. The molecular weight excluding hydrogens is 404 g/mol. The number of rotatable bonds is 6. The molecule has 132 valence electrons. The summed E-state index contributed by atoms with van der Waals surface area (Å²) in [5, 5.41) is 0. The summed E-state index contributed by atoms with van der Waals surface area (Å²) < 4.78 is 35.4. The fourth-order valence-corrected chi connectivity index (χ4v) is 4.12. The van der Waals surface area contributed by atoms with Gasteiger partial charge in [0.15, 0.2) is 0 Å². The summed E-state index contributed by atoms with van der Waals surface area (Å²) >= 11 is 3.38. The molecule has 0 saturated heterocycles. The van der Waals surface area contributed by atoms with Gasteiger partial charge in [0.2, 0.25) is 0 Å². The topological polar surface area (TPSA) is 59.0 Å². The van der Waals surface area contributed by atoms with E-state index in [1.54, 1.807) is 18.2 Å². The normalized spacial score (nSPS) is 15.1. The number of hydrogen-bond donors (Lipinski definition) is 0. The van der Waals surface area contributed by atoms with Crippen LogP contribution in [0.15, 0.2) is 56.2 Å². The Morgan fingerprint density at radius 2 is 1.84 bits per heavy atom. The molecular formula is C18H19BrN2O3S. The largest absolute Gasteiger partial charge is 0.494 e. The zero-order chi connectivity index (χ0) is 18.0. The van der Waals surface area contributed by atoms with Crippen LogP contribution in [0.3, 0.4) is 0 Å². The zero-order valence-corrected chi connectivity index (χ0v) is 16.5. The third-order valence-electron chi connectivity index (χ3n) is 3.83. The molecule has 0 amide bonds. The Morgan fingerprint density at radius 1 is 1.12 bits per heavy atom. The van der Waals surface area contributed by atoms with Crippen LogP contribution < -0.4 is 4.74 Å². The molecule has 0 unspecified atom stereocenters. The van der Waals surface area contributed by atoms with Gasteiger partial charge in [0.1, 0.15) is 10.6 Å². The summed E-state index contributed by atoms with van der Waals surface area (Å²) in [6.07, 6.45) is 0.872. The molecule has 3 rings (SSSR count). The monoisotopic (exact) mass is 422 g/mol. The lowest BCUT2D eigenvalue weighted by molar-refractivity contribution is 0.281. The van der Waals surface area contributed by atoms with Crippen LogP contribution in [-0.4, -0.2) is 46.3 Å². The maximum absolute atomic E-state index is 12.4. The van der Waals surface area contributed by atoms with Crippen molar-refractivity contribution in [1.29, 1.82) is 0 Å². The molecule has 1 heterocycles. The van der Waals surface area contributed by atoms with Crippen LogP contribution in [0, 0.1) is 0 Å². The number of hydrogen-bond acceptors (Lipinski definition) is 4. The lowest BCUT2D eigenvalue weighted by Crippen LogP contribution is -2.15. The highest BCUT2D eigenvalue weighted by molar-refractivity contribution is 9.10. The van der Waals surface area contributed by atoms with E-state index < -0.39 is 10.0 Å². The first-order chi connectivity index (χ1) is 11.9. The molecule has 0 spiro atoms. The van der Waals surface area contributed by atoms with Crippen molar-refractivity contribution >= 4 is 31.7 Å². The van der Waals surface area contributed by atoms with E-state index in [0.717, 1.165) is 23.0 Å². The minimum Gasteiger partial charge on any atom is -0.494 e. The predicted octanol–water partition coefficient (Wildman–Crippen LogP) is 3.32. The van der Waals surface area contributed by atoms with E-state index >= 15 is 0 Å². The molecule has 0 aliphatic carbocycles. The van der Waals surface area contributed by atoms with Crippen LogP contribution in [0.4, 0.5) is 0 Å². The van der Waals surface area contributed by atoms with Gasteiger partial charge in [-0.05, 0) is 44.8 Å². The first kappa shape index (κ1) is 18.1. The number of benzene rings is 2. The van der Waals surface area contributed by atoms with E-state index in [1.165, 1.54) is 0 Å². The fourth-order valence-electron chi connectivity index (χ4n) is 2.61. The smallest absolute Gasteiger partial charge is 0.283 e. The number of sulfonamides is 1. The molecule has 5 nitrogen and oxygen atoms in total. The van der Waals surface area contributed by atoms with Crippen molar-refractivity contribution < 1.29 is 13.2 Å². The van der Waals surface area contributed by atoms with Gasteiger partial charge in [-0.15, -0.1) is 0 Å². The lowest BCUT2D eigenvalue weighted by Gasteiger charge is -2.11. The Morgan fingerprint density at radius 3 is 2.52 bits per heavy atom. The maximum Gasteiger partial charge on any atom is 0.283 e. The average Bonchev–Trinajstić information content (AvgIpc) is 2.83. The molecule has 1 aliphatic rings. The second kappa shape index (κ2) is 7.27. The van der Waals surface area contributed by atoms with Gasteiger partial charge < -0.3 is 9.64 Å². The predicted molar refractivity (Wildman–Crippen MR) is 102 cm³/mol. The molecule has 0 N–H and O–H groups in total. The highest BCUT2D eigenvalue weighted by atomic mass is 79.9. The third-order valence-corrected chi connectivity index (χ3v) is 5.68. The van der Waals surface area contributed by atoms with Crippen LogP contribution in [0.5, 0.6) is 5.75 Å². The van der Waals surface area contributed by atoms with Crippen LogP contribution in [0.25, 0.3) is 0 Å². The first-order valence-electron chi connectivity index (χ1n) is 7.90. The molecule has 7 heteroatoms. The van der Waals surface area contributed by atoms with Crippen molar-refractivity contribution in [2.75, 3.05) is 27.2 Å². The standard InChI is InChI=1S/C18H19BrN2O3S/c1-21(2)10-3-11-24-15-8-9-16-17(12-15)25(22,23)20-18(16)13-4-6-14(19)7-5-13/h4-9,12H,3,10-11H2,1-2H3. The summed E-state index contributed by atoms with van der Waals surface area (Å²) in [6, 6.07) is 12.6. The van der Waals surface area contributed by atoms with Gasteiger partial charge in [0.05, 0.1) is 12.3 Å². The Labute approximate surface area is 156 Å². The molecule has 1 aliphatic heterocycles. The van der Waals surface area contributed by atoms with Crippen molar-refractivity contribution in [3.63, 3.8) is 0 Å². The van der Waals surface area contributed by atoms with Gasteiger partial charge in [-0.2, -0.15) is 12.8 Å². The molecule has 0 aromatic heterocycles. The summed E-state index contributed by atoms with van der Waals surface area (Å²) in [5.74, 6) is 0.549. The van der Waals surface area contributed by atoms with Crippen molar-refractivity contribution in [2.24, 2.45) is 4.40 Å². The summed E-state index contributed by atoms with van der Waals surface area (Å²) in [7, 11) is 0.314. The molecule has 2 aromatic carbocycles. The quantitative estimate of drug-likeness (QED) is 0.669. The van der Waals surface area contributed by atoms with Gasteiger partial charge in [0.25, 0.3) is 10.0 Å². The first-order valence-corrected chi connectivity index (χ1v) is 10.1. The number of nitrogens with zero attached hydrogens (tertiary/aromatic N) is 2. The third kappa shape index (κ3) is 4.11. The second-order valence-corrected chi connectivity index (χ2v) is 8.57. The van der Waals surface area contributed by atoms with Crippen LogP contribution in [-0.2, 0) is 10.0 Å². The van der Waals surface area contributed by atoms with E-state index in [0.29, 0.717) is 23.6 Å². The lowest BCUT2D eigenvalue weighted by atomic mass is 10.0. The Bertz CT molecular complexity index is 906. The SMILES string of the molecule is CN(C)CCCOc1ccc2c(c1)S(=O)(=O)N=C2c1ccc(Br)cc1. The molecule has 25 heavy (non-hydrogen) atoms. The summed E-state index contributed by atoms with van der Waals surface area (Å²) in [6.45, 7) is 1.46. The molecule has 2 aromatic rings. The van der Waals surface area contributed by atoms with Crippen molar-refractivity contribution in [2.45, 2.75) is 11.3 Å². The van der Waals surface area contributed by atoms with Crippen LogP contribution >= 0.6 is 15.9 Å². The number of ether oxygens (including phenoxy) is 1. The maximum atomic E-state index is 12.4. The highest BCUT2D eigenvalue weighted by Crippen LogP contribution is 2.32. The van der Waals surface area contributed by atoms with Crippen LogP contribution in [0.2, 0.25) is 0 Å². The van der Waals surface area contributed by atoms with Gasteiger partial charge in [0, 0.05) is 28.2 Å². The summed E-state index contributed by atoms with van der Waals surface area (Å²) in [5.41, 5.74) is 1.86. The van der Waals surface area contributed by atoms with Gasteiger partial charge in [-0.3, -0.25) is 0 Å². The second-order valence-electron chi connectivity index (χ2n) is 6.09. The van der Waals surface area contributed by atoms with Crippen molar-refractivity contribution in [1.82, 2.24) is 4.90 Å². The summed E-state index contributed by atoms with van der Waals surface area (Å²) in [4.78, 5) is 2.28. The van der Waals surface area contributed by atoms with Gasteiger partial charge in [-0.1, -0.05) is 28.1 Å². The van der Waals surface area contributed by atoms with E-state index in [-0.39, 0.29) is 4.90 Å². The Hall–Kier alpha value is -1.70. The van der Waals surface area contributed by atoms with Crippen molar-refractivity contribution in [3.05, 3.63) is 58.1 Å². The molecule has 0 bridgehead atoms. The fraction of sp³-hybridized carbons (Fsp3) is 0.278. The Kier molecular flexibility index (Phi) is 5.27. The van der Waals surface area contributed by atoms with E-state index in [9.17, 15) is 8.42 Å². The number of halogens is 1.